The fourth-order valence-electron chi connectivity index (χ4n) is 1.72. The van der Waals surface area contributed by atoms with Gasteiger partial charge < -0.3 is 4.74 Å². The van der Waals surface area contributed by atoms with E-state index in [4.69, 9.17) is 16.3 Å². The standard InChI is InChI=1S/C18H17ClN2O2/c1-14(23-17-11-9-16(19)10-12-17)18(22)21-20-13-5-8-15-6-3-2-4-7-15/h2-14H,1H3,(H,21,22)/t14-/m1/s1. The van der Waals surface area contributed by atoms with Gasteiger partial charge in [0.2, 0.25) is 0 Å². The molecule has 0 bridgehead atoms. The Kier molecular flexibility index (Phi) is 6.39. The predicted octanol–water partition coefficient (Wildman–Crippen LogP) is 3.92. The molecule has 4 nitrogen and oxygen atoms in total. The molecular weight excluding hydrogens is 312 g/mol. The number of rotatable bonds is 6. The number of benzene rings is 2. The van der Waals surface area contributed by atoms with Gasteiger partial charge in [-0.15, -0.1) is 0 Å². The predicted molar refractivity (Wildman–Crippen MR) is 93.7 cm³/mol. The first-order chi connectivity index (χ1) is 11.1. The molecule has 0 unspecified atom stereocenters. The van der Waals surface area contributed by atoms with Crippen molar-refractivity contribution >= 4 is 29.8 Å². The fraction of sp³-hybridized carbons (Fsp3) is 0.111. The zero-order valence-electron chi connectivity index (χ0n) is 12.6. The van der Waals surface area contributed by atoms with Crippen LogP contribution in [0.15, 0.2) is 65.8 Å². The molecule has 0 aromatic heterocycles. The van der Waals surface area contributed by atoms with Gasteiger partial charge in [-0.1, -0.05) is 48.0 Å². The highest BCUT2D eigenvalue weighted by molar-refractivity contribution is 6.30. The Morgan fingerprint density at radius 3 is 2.57 bits per heavy atom. The van der Waals surface area contributed by atoms with Gasteiger partial charge in [-0.2, -0.15) is 5.10 Å². The van der Waals surface area contributed by atoms with Gasteiger partial charge in [0.1, 0.15) is 5.75 Å². The number of halogens is 1. The molecule has 0 spiro atoms. The Hall–Kier alpha value is -2.59. The molecular formula is C18H17ClN2O2. The Morgan fingerprint density at radius 1 is 1.17 bits per heavy atom. The van der Waals surface area contributed by atoms with Crippen molar-refractivity contribution in [3.05, 3.63) is 71.3 Å². The summed E-state index contributed by atoms with van der Waals surface area (Å²) >= 11 is 5.79. The van der Waals surface area contributed by atoms with Crippen LogP contribution in [0, 0.1) is 0 Å². The van der Waals surface area contributed by atoms with Gasteiger partial charge in [0.05, 0.1) is 0 Å². The molecule has 2 aromatic rings. The van der Waals surface area contributed by atoms with Crippen LogP contribution in [0.5, 0.6) is 5.75 Å². The van der Waals surface area contributed by atoms with Crippen LogP contribution in [0.2, 0.25) is 5.02 Å². The Bertz CT molecular complexity index is 682. The molecule has 0 saturated heterocycles. The summed E-state index contributed by atoms with van der Waals surface area (Å²) in [5.41, 5.74) is 3.49. The van der Waals surface area contributed by atoms with Crippen LogP contribution in [0.4, 0.5) is 0 Å². The largest absolute Gasteiger partial charge is 0.481 e. The van der Waals surface area contributed by atoms with Crippen molar-refractivity contribution in [2.45, 2.75) is 13.0 Å². The summed E-state index contributed by atoms with van der Waals surface area (Å²) in [4.78, 5) is 11.8. The van der Waals surface area contributed by atoms with E-state index in [9.17, 15) is 4.79 Å². The van der Waals surface area contributed by atoms with E-state index in [-0.39, 0.29) is 5.91 Å². The number of carbonyl (C=O) groups is 1. The molecule has 0 heterocycles. The number of hydrogen-bond acceptors (Lipinski definition) is 3. The Balaban J connectivity index is 1.78. The topological polar surface area (TPSA) is 50.7 Å². The molecule has 118 valence electrons. The molecule has 0 aliphatic rings. The lowest BCUT2D eigenvalue weighted by molar-refractivity contribution is -0.127. The number of nitrogens with zero attached hydrogens (tertiary/aromatic N) is 1. The summed E-state index contributed by atoms with van der Waals surface area (Å²) in [7, 11) is 0. The van der Waals surface area contributed by atoms with Crippen LogP contribution in [0.1, 0.15) is 12.5 Å². The van der Waals surface area contributed by atoms with Crippen LogP contribution in [-0.2, 0) is 4.79 Å². The molecule has 0 aliphatic heterocycles. The highest BCUT2D eigenvalue weighted by Crippen LogP contribution is 2.16. The molecule has 2 rings (SSSR count). The monoisotopic (exact) mass is 328 g/mol. The van der Waals surface area contributed by atoms with Gasteiger partial charge >= 0.3 is 0 Å². The Morgan fingerprint density at radius 2 is 1.87 bits per heavy atom. The number of amides is 1. The summed E-state index contributed by atoms with van der Waals surface area (Å²) < 4.78 is 5.49. The van der Waals surface area contributed by atoms with Crippen molar-refractivity contribution in [3.63, 3.8) is 0 Å². The van der Waals surface area contributed by atoms with Gasteiger partial charge in [0.15, 0.2) is 6.10 Å². The van der Waals surface area contributed by atoms with Crippen LogP contribution < -0.4 is 10.2 Å². The third kappa shape index (κ3) is 5.96. The lowest BCUT2D eigenvalue weighted by Crippen LogP contribution is -2.33. The first kappa shape index (κ1) is 16.8. The van der Waals surface area contributed by atoms with E-state index < -0.39 is 6.10 Å². The lowest BCUT2D eigenvalue weighted by Gasteiger charge is -2.12. The summed E-state index contributed by atoms with van der Waals surface area (Å²) in [5.74, 6) is 0.245. The smallest absolute Gasteiger partial charge is 0.280 e. The maximum absolute atomic E-state index is 11.8. The van der Waals surface area contributed by atoms with Gasteiger partial charge in [-0.3, -0.25) is 4.79 Å². The van der Waals surface area contributed by atoms with Crippen LogP contribution in [0.3, 0.4) is 0 Å². The minimum atomic E-state index is -0.661. The average molecular weight is 329 g/mol. The van der Waals surface area contributed by atoms with Crippen molar-refractivity contribution in [2.24, 2.45) is 5.10 Å². The van der Waals surface area contributed by atoms with Gasteiger partial charge in [0, 0.05) is 11.2 Å². The molecule has 0 aliphatic carbocycles. The van der Waals surface area contributed by atoms with Crippen molar-refractivity contribution in [1.29, 1.82) is 0 Å². The number of hydrazone groups is 1. The summed E-state index contributed by atoms with van der Waals surface area (Å²) in [6.07, 6.45) is 4.50. The molecule has 0 fully saturated rings. The van der Waals surface area contributed by atoms with Gasteiger partial charge in [-0.25, -0.2) is 5.43 Å². The summed E-state index contributed by atoms with van der Waals surface area (Å²) in [6.45, 7) is 1.65. The molecule has 1 amide bonds. The fourth-order valence-corrected chi connectivity index (χ4v) is 1.85. The summed E-state index contributed by atoms with van der Waals surface area (Å²) in [5, 5.41) is 4.47. The minimum Gasteiger partial charge on any atom is -0.481 e. The third-order valence-electron chi connectivity index (χ3n) is 2.92. The van der Waals surface area contributed by atoms with Gasteiger partial charge in [0.25, 0.3) is 5.91 Å². The van der Waals surface area contributed by atoms with Crippen LogP contribution in [-0.4, -0.2) is 18.2 Å². The number of ether oxygens (including phenoxy) is 1. The molecule has 1 atom stereocenters. The SMILES string of the molecule is C[C@@H](Oc1ccc(Cl)cc1)C(=O)NN=CC=Cc1ccccc1. The number of nitrogens with one attached hydrogen (secondary N) is 1. The molecule has 0 radical (unpaired) electrons. The van der Waals surface area contributed by atoms with Crippen LogP contribution >= 0.6 is 11.6 Å². The van der Waals surface area contributed by atoms with Crippen molar-refractivity contribution < 1.29 is 9.53 Å². The second kappa shape index (κ2) is 8.76. The van der Waals surface area contributed by atoms with E-state index in [1.165, 1.54) is 6.21 Å². The highest BCUT2D eigenvalue weighted by Gasteiger charge is 2.13. The maximum atomic E-state index is 11.8. The number of allylic oxidation sites excluding steroid dienone is 1. The summed E-state index contributed by atoms with van der Waals surface area (Å²) in [6, 6.07) is 16.6. The van der Waals surface area contributed by atoms with E-state index in [0.29, 0.717) is 10.8 Å². The average Bonchev–Trinajstić information content (AvgIpc) is 2.57. The maximum Gasteiger partial charge on any atom is 0.280 e. The molecule has 0 saturated carbocycles. The van der Waals surface area contributed by atoms with Gasteiger partial charge in [-0.05, 0) is 42.8 Å². The number of hydrogen-bond donors (Lipinski definition) is 1. The molecule has 2 aromatic carbocycles. The zero-order chi connectivity index (χ0) is 16.5. The van der Waals surface area contributed by atoms with E-state index in [1.54, 1.807) is 37.3 Å². The third-order valence-corrected chi connectivity index (χ3v) is 3.17. The van der Waals surface area contributed by atoms with Crippen molar-refractivity contribution in [1.82, 2.24) is 5.43 Å². The number of carbonyl (C=O) groups excluding carboxylic acids is 1. The zero-order valence-corrected chi connectivity index (χ0v) is 13.4. The van der Waals surface area contributed by atoms with E-state index in [0.717, 1.165) is 5.56 Å². The normalized spacial score (nSPS) is 12.4. The Labute approximate surface area is 140 Å². The van der Waals surface area contributed by atoms with Crippen LogP contribution in [0.25, 0.3) is 6.08 Å². The van der Waals surface area contributed by atoms with E-state index in [1.807, 2.05) is 36.4 Å². The first-order valence-corrected chi connectivity index (χ1v) is 7.50. The van der Waals surface area contributed by atoms with Crippen molar-refractivity contribution in [3.8, 4) is 5.75 Å². The van der Waals surface area contributed by atoms with Crippen molar-refractivity contribution in [2.75, 3.05) is 0 Å². The molecule has 23 heavy (non-hydrogen) atoms. The second-order valence-corrected chi connectivity index (χ2v) is 5.17. The minimum absolute atomic E-state index is 0.329. The van der Waals surface area contributed by atoms with E-state index in [2.05, 4.69) is 10.5 Å². The first-order valence-electron chi connectivity index (χ1n) is 7.12. The second-order valence-electron chi connectivity index (χ2n) is 4.74. The van der Waals surface area contributed by atoms with E-state index >= 15 is 0 Å². The molecule has 1 N–H and O–H groups in total. The molecule has 5 heteroatoms. The quantitative estimate of drug-likeness (QED) is 0.645. The lowest BCUT2D eigenvalue weighted by atomic mass is 10.2. The highest BCUT2D eigenvalue weighted by atomic mass is 35.5.